The summed E-state index contributed by atoms with van der Waals surface area (Å²) >= 11 is 1.05. The molecule has 2 heterocycles. The van der Waals surface area contributed by atoms with Gasteiger partial charge in [0.05, 0.1) is 16.0 Å². The van der Waals surface area contributed by atoms with Crippen molar-refractivity contribution in [2.45, 2.75) is 20.0 Å². The molecule has 0 unspecified atom stereocenters. The number of pyridine rings is 1. The number of hydrogen-bond acceptors (Lipinski definition) is 4. The number of aromatic nitrogens is 2. The maximum absolute atomic E-state index is 13.8. The molecule has 0 aliphatic carbocycles. The normalized spacial score (nSPS) is 12.0. The lowest BCUT2D eigenvalue weighted by molar-refractivity contribution is -0.136. The maximum atomic E-state index is 13.8. The summed E-state index contributed by atoms with van der Waals surface area (Å²) in [6, 6.07) is 14.4. The minimum atomic E-state index is -4.47. The number of alkyl halides is 3. The van der Waals surface area contributed by atoms with Crippen LogP contribution in [0.2, 0.25) is 0 Å². The van der Waals surface area contributed by atoms with E-state index in [0.717, 1.165) is 28.2 Å². The first kappa shape index (κ1) is 18.7. The highest BCUT2D eigenvalue weighted by Crippen LogP contribution is 2.41. The molecule has 0 bridgehead atoms. The molecule has 7 heteroatoms. The molecule has 0 spiro atoms. The monoisotopic (exact) mass is 401 g/mol. The zero-order valence-corrected chi connectivity index (χ0v) is 16.2. The fraction of sp³-hybridized carbons (Fsp3) is 0.238. The molecular formula is C21H18F3N3S. The minimum Gasteiger partial charge on any atom is -0.349 e. The van der Waals surface area contributed by atoms with E-state index in [1.165, 1.54) is 0 Å². The first-order valence-corrected chi connectivity index (χ1v) is 9.85. The van der Waals surface area contributed by atoms with Crippen LogP contribution in [0.1, 0.15) is 19.4 Å². The third kappa shape index (κ3) is 3.30. The lowest BCUT2D eigenvalue weighted by atomic mass is 10.0. The molecule has 0 saturated carbocycles. The van der Waals surface area contributed by atoms with Crippen molar-refractivity contribution in [1.82, 2.24) is 9.97 Å². The largest absolute Gasteiger partial charge is 0.417 e. The van der Waals surface area contributed by atoms with Gasteiger partial charge in [-0.1, -0.05) is 47.7 Å². The Hall–Kier alpha value is -2.67. The fourth-order valence-electron chi connectivity index (χ4n) is 3.24. The van der Waals surface area contributed by atoms with E-state index in [2.05, 4.69) is 9.97 Å². The highest BCUT2D eigenvalue weighted by molar-refractivity contribution is 7.22. The average molecular weight is 401 g/mol. The zero-order valence-electron chi connectivity index (χ0n) is 15.4. The van der Waals surface area contributed by atoms with Crippen LogP contribution in [0.3, 0.4) is 0 Å². The van der Waals surface area contributed by atoms with Gasteiger partial charge in [0.2, 0.25) is 0 Å². The van der Waals surface area contributed by atoms with E-state index in [9.17, 15) is 13.2 Å². The molecule has 28 heavy (non-hydrogen) atoms. The number of halogens is 3. The Morgan fingerprint density at radius 3 is 2.32 bits per heavy atom. The van der Waals surface area contributed by atoms with Crippen molar-refractivity contribution in [3.8, 4) is 11.3 Å². The van der Waals surface area contributed by atoms with Crippen molar-refractivity contribution in [2.75, 3.05) is 18.0 Å². The zero-order chi connectivity index (χ0) is 19.9. The third-order valence-electron chi connectivity index (χ3n) is 4.73. The second-order valence-electron chi connectivity index (χ2n) is 6.44. The van der Waals surface area contributed by atoms with Crippen LogP contribution in [-0.2, 0) is 6.18 Å². The van der Waals surface area contributed by atoms with Crippen LogP contribution in [0.15, 0.2) is 48.5 Å². The van der Waals surface area contributed by atoms with Gasteiger partial charge in [-0.05, 0) is 36.8 Å². The van der Waals surface area contributed by atoms with Gasteiger partial charge >= 0.3 is 6.18 Å². The fourth-order valence-corrected chi connectivity index (χ4v) is 4.41. The second kappa shape index (κ2) is 7.05. The van der Waals surface area contributed by atoms with Crippen LogP contribution >= 0.6 is 11.3 Å². The number of thiazole rings is 1. The summed E-state index contributed by atoms with van der Waals surface area (Å²) in [5, 5.41) is 2.55. The Morgan fingerprint density at radius 2 is 1.64 bits per heavy atom. The molecule has 3 nitrogen and oxygen atoms in total. The van der Waals surface area contributed by atoms with Crippen LogP contribution < -0.4 is 4.90 Å². The van der Waals surface area contributed by atoms with E-state index in [0.29, 0.717) is 23.8 Å². The van der Waals surface area contributed by atoms with Crippen LogP contribution in [0.5, 0.6) is 0 Å². The van der Waals surface area contributed by atoms with Gasteiger partial charge in [0.15, 0.2) is 10.8 Å². The lowest BCUT2D eigenvalue weighted by Gasteiger charge is -2.16. The Bertz CT molecular complexity index is 1150. The van der Waals surface area contributed by atoms with Gasteiger partial charge < -0.3 is 4.90 Å². The molecule has 2 aromatic carbocycles. The number of nitrogens with zero attached hydrogens (tertiary/aromatic N) is 3. The highest BCUT2D eigenvalue weighted by Gasteiger charge is 2.35. The third-order valence-corrected chi connectivity index (χ3v) is 5.87. The van der Waals surface area contributed by atoms with Crippen LogP contribution in [0.4, 0.5) is 18.3 Å². The average Bonchev–Trinajstić information content (AvgIpc) is 3.10. The quantitative estimate of drug-likeness (QED) is 0.397. The molecule has 4 aromatic rings. The number of rotatable bonds is 4. The van der Waals surface area contributed by atoms with E-state index in [-0.39, 0.29) is 16.0 Å². The van der Waals surface area contributed by atoms with Gasteiger partial charge in [-0.2, -0.15) is 18.2 Å². The van der Waals surface area contributed by atoms with Crippen molar-refractivity contribution < 1.29 is 13.2 Å². The molecule has 0 amide bonds. The Balaban J connectivity index is 1.93. The van der Waals surface area contributed by atoms with Crippen LogP contribution in [0.25, 0.3) is 32.4 Å². The number of hydrogen-bond donors (Lipinski definition) is 0. The smallest absolute Gasteiger partial charge is 0.349 e. The Kier molecular flexibility index (Phi) is 4.71. The molecule has 0 N–H and O–H groups in total. The first-order valence-electron chi connectivity index (χ1n) is 9.03. The Morgan fingerprint density at radius 1 is 0.929 bits per heavy atom. The van der Waals surface area contributed by atoms with Crippen molar-refractivity contribution in [2.24, 2.45) is 0 Å². The summed E-state index contributed by atoms with van der Waals surface area (Å²) in [5.41, 5.74) is 0.381. The van der Waals surface area contributed by atoms with Crippen molar-refractivity contribution in [3.63, 3.8) is 0 Å². The summed E-state index contributed by atoms with van der Waals surface area (Å²) < 4.78 is 41.4. The van der Waals surface area contributed by atoms with Crippen molar-refractivity contribution >= 4 is 37.6 Å². The van der Waals surface area contributed by atoms with E-state index in [1.54, 1.807) is 6.07 Å². The summed E-state index contributed by atoms with van der Waals surface area (Å²) in [5.74, 6) is 0. The predicted molar refractivity (Wildman–Crippen MR) is 109 cm³/mol. The minimum absolute atomic E-state index is 0.0824. The predicted octanol–water partition coefficient (Wildman–Crippen LogP) is 6.38. The summed E-state index contributed by atoms with van der Waals surface area (Å²) in [4.78, 5) is 10.8. The van der Waals surface area contributed by atoms with E-state index in [1.807, 2.05) is 55.1 Å². The van der Waals surface area contributed by atoms with Gasteiger partial charge in [0.1, 0.15) is 0 Å². The van der Waals surface area contributed by atoms with E-state index >= 15 is 0 Å². The lowest BCUT2D eigenvalue weighted by Crippen LogP contribution is -2.21. The molecule has 0 radical (unpaired) electrons. The van der Waals surface area contributed by atoms with Gasteiger partial charge in [0, 0.05) is 18.7 Å². The molecular weight excluding hydrogens is 383 g/mol. The maximum Gasteiger partial charge on any atom is 0.417 e. The van der Waals surface area contributed by atoms with Crippen molar-refractivity contribution in [3.05, 3.63) is 54.1 Å². The number of benzene rings is 2. The molecule has 2 aromatic heterocycles. The number of fused-ring (bicyclic) bond motifs is 2. The molecule has 0 atom stereocenters. The molecule has 0 aliphatic rings. The van der Waals surface area contributed by atoms with Crippen LogP contribution in [-0.4, -0.2) is 23.1 Å². The van der Waals surface area contributed by atoms with Crippen LogP contribution in [0, 0.1) is 0 Å². The number of anilines is 1. The van der Waals surface area contributed by atoms with Gasteiger partial charge in [-0.25, -0.2) is 4.98 Å². The summed E-state index contributed by atoms with van der Waals surface area (Å²) in [6.07, 6.45) is -4.47. The van der Waals surface area contributed by atoms with Gasteiger partial charge in [0.25, 0.3) is 0 Å². The first-order chi connectivity index (χ1) is 13.4. The molecule has 0 aliphatic heterocycles. The SMILES string of the molecule is CCN(CC)c1nc2nc(-c3ccc4ccccc4c3)cc(C(F)(F)F)c2s1. The molecule has 0 fully saturated rings. The van der Waals surface area contributed by atoms with E-state index in [4.69, 9.17) is 0 Å². The summed E-state index contributed by atoms with van der Waals surface area (Å²) in [7, 11) is 0. The highest BCUT2D eigenvalue weighted by atomic mass is 32.1. The Labute approximate surface area is 164 Å². The van der Waals surface area contributed by atoms with Gasteiger partial charge in [-0.3, -0.25) is 0 Å². The summed E-state index contributed by atoms with van der Waals surface area (Å²) in [6.45, 7) is 5.26. The molecule has 0 saturated heterocycles. The standard InChI is InChI=1S/C21H18F3N3S/c1-3-27(4-2)20-26-19-18(28-20)16(21(22,23)24)12-17(25-19)15-10-9-13-7-5-6-8-14(13)11-15/h5-12H,3-4H2,1-2H3. The topological polar surface area (TPSA) is 29.0 Å². The molecule has 144 valence electrons. The molecule has 4 rings (SSSR count). The second-order valence-corrected chi connectivity index (χ2v) is 7.41. The van der Waals surface area contributed by atoms with Crippen molar-refractivity contribution in [1.29, 1.82) is 0 Å². The van der Waals surface area contributed by atoms with Gasteiger partial charge in [-0.15, -0.1) is 0 Å². The van der Waals surface area contributed by atoms with E-state index < -0.39 is 11.7 Å².